The van der Waals surface area contributed by atoms with Crippen LogP contribution in [0.25, 0.3) is 0 Å². The molecule has 3 N–H and O–H groups in total. The van der Waals surface area contributed by atoms with E-state index < -0.39 is 11.6 Å². The number of nitrogens with one attached hydrogen (secondary N) is 1. The smallest absolute Gasteiger partial charge is 0.151 e. The number of benzene rings is 2. The lowest BCUT2D eigenvalue weighted by molar-refractivity contribution is 0.592. The number of hydrogen-bond acceptors (Lipinski definition) is 2. The Kier molecular flexibility index (Phi) is 3.73. The fraction of sp³-hybridized carbons (Fsp3) is 0. The van der Waals surface area contributed by atoms with Gasteiger partial charge >= 0.3 is 0 Å². The van der Waals surface area contributed by atoms with Gasteiger partial charge in [-0.05, 0) is 46.3 Å². The molecule has 0 fully saturated rings. The van der Waals surface area contributed by atoms with Crippen LogP contribution in [-0.2, 0) is 0 Å². The summed E-state index contributed by atoms with van der Waals surface area (Å²) in [6.07, 6.45) is 0. The molecule has 0 bridgehead atoms. The lowest BCUT2D eigenvalue weighted by Gasteiger charge is -2.11. The van der Waals surface area contributed by atoms with E-state index in [4.69, 9.17) is 17.3 Å². The van der Waals surface area contributed by atoms with E-state index in [1.165, 1.54) is 0 Å². The van der Waals surface area contributed by atoms with Crippen LogP contribution in [0.5, 0.6) is 0 Å². The first-order valence-electron chi connectivity index (χ1n) is 4.94. The van der Waals surface area contributed by atoms with Gasteiger partial charge in [0.25, 0.3) is 0 Å². The molecule has 94 valence electrons. The minimum Gasteiger partial charge on any atom is -0.399 e. The van der Waals surface area contributed by atoms with Gasteiger partial charge in [0.05, 0.1) is 5.69 Å². The molecule has 2 rings (SSSR count). The van der Waals surface area contributed by atoms with Gasteiger partial charge in [0.2, 0.25) is 0 Å². The second-order valence-corrected chi connectivity index (χ2v) is 4.90. The van der Waals surface area contributed by atoms with Crippen molar-refractivity contribution >= 4 is 44.6 Å². The van der Waals surface area contributed by atoms with E-state index in [0.29, 0.717) is 15.2 Å². The molecule has 0 heterocycles. The topological polar surface area (TPSA) is 38.0 Å². The standard InChI is InChI=1S/C12H8BrClF2N2/c13-8-3-6(14)1-2-11(8)18-12-9(15)4-7(17)5-10(12)16/h1-5,18H,17H2. The highest BCUT2D eigenvalue weighted by molar-refractivity contribution is 9.10. The molecule has 18 heavy (non-hydrogen) atoms. The van der Waals surface area contributed by atoms with Crippen molar-refractivity contribution < 1.29 is 8.78 Å². The maximum absolute atomic E-state index is 13.6. The van der Waals surface area contributed by atoms with Crippen LogP contribution >= 0.6 is 27.5 Å². The normalized spacial score (nSPS) is 10.4. The van der Waals surface area contributed by atoms with Crippen LogP contribution in [-0.4, -0.2) is 0 Å². The highest BCUT2D eigenvalue weighted by Gasteiger charge is 2.12. The zero-order valence-electron chi connectivity index (χ0n) is 8.98. The molecule has 0 spiro atoms. The summed E-state index contributed by atoms with van der Waals surface area (Å²) in [5.74, 6) is -1.51. The Morgan fingerprint density at radius 3 is 2.28 bits per heavy atom. The fourth-order valence-electron chi connectivity index (χ4n) is 1.44. The Balaban J connectivity index is 2.40. The highest BCUT2D eigenvalue weighted by atomic mass is 79.9. The van der Waals surface area contributed by atoms with E-state index in [1.54, 1.807) is 18.2 Å². The third-order valence-corrected chi connectivity index (χ3v) is 3.15. The Morgan fingerprint density at radius 2 is 1.72 bits per heavy atom. The summed E-state index contributed by atoms with van der Waals surface area (Å²) in [5.41, 5.74) is 5.61. The number of anilines is 3. The average molecular weight is 334 g/mol. The number of rotatable bonds is 2. The second-order valence-electron chi connectivity index (χ2n) is 3.61. The molecule has 0 saturated carbocycles. The van der Waals surface area contributed by atoms with Crippen LogP contribution in [0.4, 0.5) is 25.8 Å². The Hall–Kier alpha value is -1.33. The van der Waals surface area contributed by atoms with Gasteiger partial charge in [0, 0.05) is 15.2 Å². The maximum Gasteiger partial charge on any atom is 0.151 e. The summed E-state index contributed by atoms with van der Waals surface area (Å²) in [7, 11) is 0. The molecule has 0 amide bonds. The van der Waals surface area contributed by atoms with E-state index in [-0.39, 0.29) is 11.4 Å². The van der Waals surface area contributed by atoms with Crippen molar-refractivity contribution in [3.05, 3.63) is 51.5 Å². The van der Waals surface area contributed by atoms with Crippen LogP contribution in [0.2, 0.25) is 5.02 Å². The van der Waals surface area contributed by atoms with Gasteiger partial charge < -0.3 is 11.1 Å². The van der Waals surface area contributed by atoms with Gasteiger partial charge in [0.1, 0.15) is 5.69 Å². The molecule has 6 heteroatoms. The van der Waals surface area contributed by atoms with Gasteiger partial charge in [-0.25, -0.2) is 8.78 Å². The minimum atomic E-state index is -0.755. The summed E-state index contributed by atoms with van der Waals surface area (Å²) in [6, 6.07) is 6.95. The number of halogens is 4. The molecule has 0 radical (unpaired) electrons. The van der Waals surface area contributed by atoms with Gasteiger partial charge in [-0.2, -0.15) is 0 Å². The molecular weight excluding hydrogens is 325 g/mol. The molecule has 0 aliphatic carbocycles. The lowest BCUT2D eigenvalue weighted by atomic mass is 10.2. The predicted octanol–water partition coefficient (Wildman–Crippen LogP) is 4.71. The zero-order chi connectivity index (χ0) is 13.3. The molecule has 0 atom stereocenters. The lowest BCUT2D eigenvalue weighted by Crippen LogP contribution is -2.00. The Labute approximate surface area is 116 Å². The van der Waals surface area contributed by atoms with Gasteiger partial charge in [-0.3, -0.25) is 0 Å². The first kappa shape index (κ1) is 13.1. The average Bonchev–Trinajstić information content (AvgIpc) is 2.25. The van der Waals surface area contributed by atoms with Crippen LogP contribution in [0.3, 0.4) is 0 Å². The third-order valence-electron chi connectivity index (χ3n) is 2.26. The van der Waals surface area contributed by atoms with Crippen molar-refractivity contribution in [2.24, 2.45) is 0 Å². The van der Waals surface area contributed by atoms with E-state index in [0.717, 1.165) is 12.1 Å². The summed E-state index contributed by atoms with van der Waals surface area (Å²) < 4.78 is 27.8. The van der Waals surface area contributed by atoms with Crippen molar-refractivity contribution in [3.63, 3.8) is 0 Å². The monoisotopic (exact) mass is 332 g/mol. The quantitative estimate of drug-likeness (QED) is 0.781. The molecule has 0 aliphatic heterocycles. The number of nitrogen functional groups attached to an aromatic ring is 1. The predicted molar refractivity (Wildman–Crippen MR) is 73.2 cm³/mol. The first-order valence-corrected chi connectivity index (χ1v) is 6.11. The fourth-order valence-corrected chi connectivity index (χ4v) is 2.22. The molecule has 0 unspecified atom stereocenters. The summed E-state index contributed by atoms with van der Waals surface area (Å²) in [4.78, 5) is 0. The summed E-state index contributed by atoms with van der Waals surface area (Å²) in [5, 5.41) is 3.17. The van der Waals surface area contributed by atoms with Crippen molar-refractivity contribution in [1.29, 1.82) is 0 Å². The summed E-state index contributed by atoms with van der Waals surface area (Å²) >= 11 is 9.03. The first-order chi connectivity index (χ1) is 8.47. The number of nitrogens with two attached hydrogens (primary N) is 1. The minimum absolute atomic E-state index is 0.0331. The molecule has 2 nitrogen and oxygen atoms in total. The zero-order valence-corrected chi connectivity index (χ0v) is 11.3. The molecule has 2 aromatic rings. The van der Waals surface area contributed by atoms with Gasteiger partial charge in [0.15, 0.2) is 11.6 Å². The number of hydrogen-bond donors (Lipinski definition) is 2. The molecule has 0 aliphatic rings. The van der Waals surface area contributed by atoms with E-state index in [1.807, 2.05) is 0 Å². The Morgan fingerprint density at radius 1 is 1.11 bits per heavy atom. The molecule has 2 aromatic carbocycles. The van der Waals surface area contributed by atoms with Crippen LogP contribution in [0, 0.1) is 11.6 Å². The third kappa shape index (κ3) is 2.73. The van der Waals surface area contributed by atoms with Crippen molar-refractivity contribution in [2.75, 3.05) is 11.1 Å². The summed E-state index contributed by atoms with van der Waals surface area (Å²) in [6.45, 7) is 0. The maximum atomic E-state index is 13.6. The molecule has 0 aromatic heterocycles. The van der Waals surface area contributed by atoms with Crippen molar-refractivity contribution in [3.8, 4) is 0 Å². The van der Waals surface area contributed by atoms with E-state index in [2.05, 4.69) is 21.2 Å². The second kappa shape index (κ2) is 5.12. The largest absolute Gasteiger partial charge is 0.399 e. The van der Waals surface area contributed by atoms with E-state index >= 15 is 0 Å². The van der Waals surface area contributed by atoms with Crippen LogP contribution < -0.4 is 11.1 Å². The van der Waals surface area contributed by atoms with E-state index in [9.17, 15) is 8.78 Å². The van der Waals surface area contributed by atoms with Crippen molar-refractivity contribution in [2.45, 2.75) is 0 Å². The van der Waals surface area contributed by atoms with Crippen LogP contribution in [0.1, 0.15) is 0 Å². The SMILES string of the molecule is Nc1cc(F)c(Nc2ccc(Cl)cc2Br)c(F)c1. The Bertz CT molecular complexity index is 582. The van der Waals surface area contributed by atoms with Crippen LogP contribution in [0.15, 0.2) is 34.8 Å². The molecular formula is C12H8BrClF2N2. The van der Waals surface area contributed by atoms with Gasteiger partial charge in [-0.15, -0.1) is 0 Å². The van der Waals surface area contributed by atoms with Crippen molar-refractivity contribution in [1.82, 2.24) is 0 Å². The highest BCUT2D eigenvalue weighted by Crippen LogP contribution is 2.31. The molecule has 0 saturated heterocycles. The van der Waals surface area contributed by atoms with Gasteiger partial charge in [-0.1, -0.05) is 11.6 Å².